The summed E-state index contributed by atoms with van der Waals surface area (Å²) in [5.74, 6) is 3.86. The lowest BCUT2D eigenvalue weighted by Gasteiger charge is -2.13. The van der Waals surface area contributed by atoms with E-state index in [-0.39, 0.29) is 6.10 Å². The van der Waals surface area contributed by atoms with Crippen LogP contribution in [0.25, 0.3) is 0 Å². The number of benzene rings is 1. The molecule has 0 aliphatic carbocycles. The number of aromatic nitrogens is 2. The lowest BCUT2D eigenvalue weighted by atomic mass is 10.1. The van der Waals surface area contributed by atoms with E-state index in [9.17, 15) is 0 Å². The van der Waals surface area contributed by atoms with E-state index in [1.54, 1.807) is 14.2 Å². The van der Waals surface area contributed by atoms with Gasteiger partial charge in [-0.25, -0.2) is 9.97 Å². The Kier molecular flexibility index (Phi) is 6.70. The Morgan fingerprint density at radius 2 is 1.85 bits per heavy atom. The molecule has 1 saturated heterocycles. The first-order chi connectivity index (χ1) is 13.2. The van der Waals surface area contributed by atoms with Crippen molar-refractivity contribution in [3.63, 3.8) is 0 Å². The Morgan fingerprint density at radius 1 is 1.07 bits per heavy atom. The third-order valence-corrected chi connectivity index (χ3v) is 4.54. The van der Waals surface area contributed by atoms with Crippen LogP contribution in [-0.2, 0) is 11.2 Å². The van der Waals surface area contributed by atoms with Gasteiger partial charge in [0.25, 0.3) is 0 Å². The number of anilines is 2. The molecule has 146 valence electrons. The number of aryl methyl sites for hydroxylation is 1. The summed E-state index contributed by atoms with van der Waals surface area (Å²) in [6, 6.07) is 7.91. The third kappa shape index (κ3) is 5.47. The number of ether oxygens (including phenoxy) is 3. The summed E-state index contributed by atoms with van der Waals surface area (Å²) in [5.41, 5.74) is 1.17. The number of rotatable bonds is 9. The van der Waals surface area contributed by atoms with Crippen LogP contribution < -0.4 is 20.1 Å². The Labute approximate surface area is 160 Å². The molecule has 1 fully saturated rings. The van der Waals surface area contributed by atoms with Crippen LogP contribution in [0.15, 0.2) is 24.3 Å². The van der Waals surface area contributed by atoms with Crippen LogP contribution in [0, 0.1) is 6.92 Å². The number of methoxy groups -OCH3 is 2. The van der Waals surface area contributed by atoms with Gasteiger partial charge in [-0.15, -0.1) is 0 Å². The maximum Gasteiger partial charge on any atom is 0.160 e. The molecule has 0 amide bonds. The molecule has 2 heterocycles. The van der Waals surface area contributed by atoms with Gasteiger partial charge in [0.2, 0.25) is 0 Å². The molecular formula is C20H28N4O3. The molecule has 1 atom stereocenters. The summed E-state index contributed by atoms with van der Waals surface area (Å²) in [6.07, 6.45) is 3.37. The van der Waals surface area contributed by atoms with Gasteiger partial charge >= 0.3 is 0 Å². The van der Waals surface area contributed by atoms with E-state index in [0.29, 0.717) is 0 Å². The van der Waals surface area contributed by atoms with Crippen molar-refractivity contribution in [2.45, 2.75) is 32.3 Å². The summed E-state index contributed by atoms with van der Waals surface area (Å²) in [5, 5.41) is 6.73. The Bertz CT molecular complexity index is 748. The van der Waals surface area contributed by atoms with Gasteiger partial charge in [0.05, 0.1) is 20.3 Å². The molecule has 27 heavy (non-hydrogen) atoms. The fraction of sp³-hybridized carbons (Fsp3) is 0.500. The highest BCUT2D eigenvalue weighted by molar-refractivity contribution is 5.48. The molecule has 1 aromatic carbocycles. The van der Waals surface area contributed by atoms with Crippen LogP contribution in [0.1, 0.15) is 24.2 Å². The largest absolute Gasteiger partial charge is 0.493 e. The molecule has 0 saturated carbocycles. The lowest BCUT2D eigenvalue weighted by molar-refractivity contribution is 0.120. The molecule has 1 unspecified atom stereocenters. The number of nitrogens with one attached hydrogen (secondary N) is 2. The zero-order valence-corrected chi connectivity index (χ0v) is 16.2. The van der Waals surface area contributed by atoms with Crippen LogP contribution >= 0.6 is 0 Å². The van der Waals surface area contributed by atoms with Gasteiger partial charge in [0, 0.05) is 25.8 Å². The summed E-state index contributed by atoms with van der Waals surface area (Å²) in [6.45, 7) is 4.30. The second-order valence-electron chi connectivity index (χ2n) is 6.57. The van der Waals surface area contributed by atoms with E-state index < -0.39 is 0 Å². The predicted octanol–water partition coefficient (Wildman–Crippen LogP) is 3.05. The van der Waals surface area contributed by atoms with Crippen molar-refractivity contribution in [1.82, 2.24) is 9.97 Å². The molecule has 3 rings (SSSR count). The summed E-state index contributed by atoms with van der Waals surface area (Å²) in [4.78, 5) is 8.92. The van der Waals surface area contributed by atoms with E-state index >= 15 is 0 Å². The molecule has 0 bridgehead atoms. The minimum Gasteiger partial charge on any atom is -0.493 e. The van der Waals surface area contributed by atoms with E-state index in [2.05, 4.69) is 20.6 Å². The fourth-order valence-corrected chi connectivity index (χ4v) is 3.14. The maximum absolute atomic E-state index is 5.64. The highest BCUT2D eigenvalue weighted by Gasteiger charge is 2.15. The monoisotopic (exact) mass is 372 g/mol. The average molecular weight is 372 g/mol. The van der Waals surface area contributed by atoms with Crippen molar-refractivity contribution >= 4 is 11.6 Å². The van der Waals surface area contributed by atoms with E-state index in [1.807, 2.05) is 31.2 Å². The van der Waals surface area contributed by atoms with Gasteiger partial charge in [-0.05, 0) is 43.9 Å². The first kappa shape index (κ1) is 19.2. The third-order valence-electron chi connectivity index (χ3n) is 4.54. The SMILES string of the molecule is COc1ccc(CCNc2cc(NCC3CCCO3)nc(C)n2)cc1OC. The molecule has 1 aromatic heterocycles. The zero-order valence-electron chi connectivity index (χ0n) is 16.2. The second-order valence-corrected chi connectivity index (χ2v) is 6.57. The van der Waals surface area contributed by atoms with E-state index in [4.69, 9.17) is 14.2 Å². The van der Waals surface area contributed by atoms with Gasteiger partial charge in [0.1, 0.15) is 17.5 Å². The van der Waals surface area contributed by atoms with Crippen LogP contribution in [0.4, 0.5) is 11.6 Å². The molecule has 0 spiro atoms. The lowest BCUT2D eigenvalue weighted by Crippen LogP contribution is -2.19. The van der Waals surface area contributed by atoms with Crippen LogP contribution in [0.2, 0.25) is 0 Å². The first-order valence-electron chi connectivity index (χ1n) is 9.34. The summed E-state index contributed by atoms with van der Waals surface area (Å²) in [7, 11) is 3.29. The number of nitrogens with zero attached hydrogens (tertiary/aromatic N) is 2. The highest BCUT2D eigenvalue weighted by Crippen LogP contribution is 2.27. The van der Waals surface area contributed by atoms with E-state index in [1.165, 1.54) is 5.56 Å². The van der Waals surface area contributed by atoms with Crippen molar-refractivity contribution in [3.8, 4) is 11.5 Å². The van der Waals surface area contributed by atoms with Crippen LogP contribution in [0.5, 0.6) is 11.5 Å². The van der Waals surface area contributed by atoms with Gasteiger partial charge in [-0.2, -0.15) is 0 Å². The second kappa shape index (κ2) is 9.41. The molecule has 2 aromatic rings. The van der Waals surface area contributed by atoms with Crippen LogP contribution in [-0.4, -0.2) is 50.0 Å². The molecule has 2 N–H and O–H groups in total. The van der Waals surface area contributed by atoms with Crippen LogP contribution in [0.3, 0.4) is 0 Å². The molecule has 1 aliphatic heterocycles. The number of hydrogen-bond acceptors (Lipinski definition) is 7. The molecule has 0 radical (unpaired) electrons. The Balaban J connectivity index is 1.54. The Morgan fingerprint density at radius 3 is 2.56 bits per heavy atom. The highest BCUT2D eigenvalue weighted by atomic mass is 16.5. The van der Waals surface area contributed by atoms with Crippen molar-refractivity contribution < 1.29 is 14.2 Å². The fourth-order valence-electron chi connectivity index (χ4n) is 3.14. The van der Waals surface area contributed by atoms with Gasteiger partial charge in [0.15, 0.2) is 11.5 Å². The molecule has 1 aliphatic rings. The minimum atomic E-state index is 0.279. The van der Waals surface area contributed by atoms with Crippen molar-refractivity contribution in [2.75, 3.05) is 44.5 Å². The molecule has 7 heteroatoms. The number of hydrogen-bond donors (Lipinski definition) is 2. The summed E-state index contributed by atoms with van der Waals surface area (Å²) < 4.78 is 16.3. The van der Waals surface area contributed by atoms with Crippen molar-refractivity contribution in [2.24, 2.45) is 0 Å². The van der Waals surface area contributed by atoms with Gasteiger partial charge < -0.3 is 24.8 Å². The average Bonchev–Trinajstić information content (AvgIpc) is 3.19. The molecular weight excluding hydrogens is 344 g/mol. The molecule has 7 nitrogen and oxygen atoms in total. The quantitative estimate of drug-likeness (QED) is 0.700. The normalized spacial score (nSPS) is 16.2. The van der Waals surface area contributed by atoms with Crippen molar-refractivity contribution in [3.05, 3.63) is 35.7 Å². The van der Waals surface area contributed by atoms with E-state index in [0.717, 1.165) is 67.9 Å². The Hall–Kier alpha value is -2.54. The van der Waals surface area contributed by atoms with Crippen molar-refractivity contribution in [1.29, 1.82) is 0 Å². The predicted molar refractivity (Wildman–Crippen MR) is 106 cm³/mol. The topological polar surface area (TPSA) is 77.5 Å². The first-order valence-corrected chi connectivity index (χ1v) is 9.34. The minimum absolute atomic E-state index is 0.279. The van der Waals surface area contributed by atoms with Gasteiger partial charge in [-0.3, -0.25) is 0 Å². The standard InChI is InChI=1S/C20H28N4O3/c1-14-23-19(12-20(24-14)22-13-16-5-4-10-27-16)21-9-8-15-6-7-17(25-2)18(11-15)26-3/h6-7,11-12,16H,4-5,8-10,13H2,1-3H3,(H2,21,22,23,24). The maximum atomic E-state index is 5.64. The summed E-state index contributed by atoms with van der Waals surface area (Å²) >= 11 is 0. The van der Waals surface area contributed by atoms with Gasteiger partial charge in [-0.1, -0.05) is 6.07 Å². The zero-order chi connectivity index (χ0) is 19.1. The smallest absolute Gasteiger partial charge is 0.160 e.